The highest BCUT2D eigenvalue weighted by molar-refractivity contribution is 7.98. The number of hydrogen-bond acceptors (Lipinski definition) is 3. The van der Waals surface area contributed by atoms with Crippen molar-refractivity contribution < 1.29 is 4.79 Å². The highest BCUT2D eigenvalue weighted by Gasteiger charge is 2.26. The average Bonchev–Trinajstić information content (AvgIpc) is 2.83. The van der Waals surface area contributed by atoms with E-state index in [2.05, 4.69) is 35.3 Å². The first-order valence-electron chi connectivity index (χ1n) is 7.46. The summed E-state index contributed by atoms with van der Waals surface area (Å²) in [6.07, 6.45) is 3.04. The molecule has 0 saturated heterocycles. The SMILES string of the molecule is CSc1cccc(NC(=O)CN2c3ccccc3C[C@@H]2C)c1. The van der Waals surface area contributed by atoms with Crippen molar-refractivity contribution in [2.45, 2.75) is 24.3 Å². The summed E-state index contributed by atoms with van der Waals surface area (Å²) in [5, 5.41) is 3.00. The van der Waals surface area contributed by atoms with Gasteiger partial charge in [0, 0.05) is 22.3 Å². The predicted octanol–water partition coefficient (Wildman–Crippen LogP) is 3.80. The lowest BCUT2D eigenvalue weighted by atomic mass is 10.1. The van der Waals surface area contributed by atoms with Crippen LogP contribution in [-0.2, 0) is 11.2 Å². The molecule has 0 fully saturated rings. The topological polar surface area (TPSA) is 32.3 Å². The number of fused-ring (bicyclic) bond motifs is 1. The molecule has 0 unspecified atom stereocenters. The fraction of sp³-hybridized carbons (Fsp3) is 0.278. The summed E-state index contributed by atoms with van der Waals surface area (Å²) >= 11 is 1.67. The molecule has 2 aromatic carbocycles. The lowest BCUT2D eigenvalue weighted by Crippen LogP contribution is -2.37. The molecule has 0 saturated carbocycles. The smallest absolute Gasteiger partial charge is 0.243 e. The monoisotopic (exact) mass is 312 g/mol. The number of nitrogens with zero attached hydrogens (tertiary/aromatic N) is 1. The van der Waals surface area contributed by atoms with E-state index in [1.54, 1.807) is 11.8 Å². The molecule has 0 bridgehead atoms. The van der Waals surface area contributed by atoms with Crippen molar-refractivity contribution in [3.8, 4) is 0 Å². The first-order valence-corrected chi connectivity index (χ1v) is 8.68. The molecular weight excluding hydrogens is 292 g/mol. The van der Waals surface area contributed by atoms with Crippen molar-refractivity contribution in [3.05, 3.63) is 54.1 Å². The van der Waals surface area contributed by atoms with E-state index in [-0.39, 0.29) is 5.91 Å². The molecule has 1 N–H and O–H groups in total. The van der Waals surface area contributed by atoms with Gasteiger partial charge in [0.05, 0.1) is 6.54 Å². The van der Waals surface area contributed by atoms with E-state index in [0.29, 0.717) is 12.6 Å². The minimum atomic E-state index is 0.0295. The van der Waals surface area contributed by atoms with Gasteiger partial charge in [0.15, 0.2) is 0 Å². The maximum absolute atomic E-state index is 12.4. The van der Waals surface area contributed by atoms with Crippen LogP contribution >= 0.6 is 11.8 Å². The second-order valence-corrected chi connectivity index (χ2v) is 6.47. The molecule has 1 heterocycles. The van der Waals surface area contributed by atoms with Gasteiger partial charge in [-0.15, -0.1) is 11.8 Å². The third kappa shape index (κ3) is 3.12. The number of benzene rings is 2. The van der Waals surface area contributed by atoms with Gasteiger partial charge in [0.1, 0.15) is 0 Å². The Bertz CT molecular complexity index is 686. The normalized spacial score (nSPS) is 16.5. The zero-order chi connectivity index (χ0) is 15.5. The lowest BCUT2D eigenvalue weighted by molar-refractivity contribution is -0.115. The van der Waals surface area contributed by atoms with Crippen LogP contribution in [0.25, 0.3) is 0 Å². The number of carbonyl (C=O) groups is 1. The number of hydrogen-bond donors (Lipinski definition) is 1. The average molecular weight is 312 g/mol. The van der Waals surface area contributed by atoms with E-state index in [1.165, 1.54) is 11.3 Å². The Morgan fingerprint density at radius 3 is 2.91 bits per heavy atom. The van der Waals surface area contributed by atoms with Crippen LogP contribution in [0, 0.1) is 0 Å². The van der Waals surface area contributed by atoms with Crippen LogP contribution in [0.4, 0.5) is 11.4 Å². The van der Waals surface area contributed by atoms with Crippen molar-refractivity contribution in [1.82, 2.24) is 0 Å². The molecule has 0 aromatic heterocycles. The number of amides is 1. The first kappa shape index (κ1) is 15.0. The lowest BCUT2D eigenvalue weighted by Gasteiger charge is -2.24. The number of rotatable bonds is 4. The van der Waals surface area contributed by atoms with Gasteiger partial charge in [-0.1, -0.05) is 24.3 Å². The molecule has 22 heavy (non-hydrogen) atoms. The molecule has 114 valence electrons. The molecule has 1 aliphatic rings. The maximum Gasteiger partial charge on any atom is 0.243 e. The van der Waals surface area contributed by atoms with Crippen molar-refractivity contribution in [1.29, 1.82) is 0 Å². The molecule has 0 radical (unpaired) electrons. The molecule has 1 amide bonds. The van der Waals surface area contributed by atoms with Crippen LogP contribution in [-0.4, -0.2) is 24.7 Å². The molecule has 3 nitrogen and oxygen atoms in total. The number of carbonyl (C=O) groups excluding carboxylic acids is 1. The maximum atomic E-state index is 12.4. The summed E-state index contributed by atoms with van der Waals surface area (Å²) in [7, 11) is 0. The first-order chi connectivity index (χ1) is 10.7. The number of para-hydroxylation sites is 1. The molecule has 1 aliphatic heterocycles. The highest BCUT2D eigenvalue weighted by atomic mass is 32.2. The molecule has 3 rings (SSSR count). The summed E-state index contributed by atoms with van der Waals surface area (Å²) < 4.78 is 0. The molecule has 0 spiro atoms. The zero-order valence-corrected chi connectivity index (χ0v) is 13.7. The second kappa shape index (κ2) is 6.44. The fourth-order valence-corrected chi connectivity index (χ4v) is 3.39. The van der Waals surface area contributed by atoms with Gasteiger partial charge in [-0.25, -0.2) is 0 Å². The van der Waals surface area contributed by atoms with Crippen molar-refractivity contribution in [3.63, 3.8) is 0 Å². The van der Waals surface area contributed by atoms with Gasteiger partial charge >= 0.3 is 0 Å². The van der Waals surface area contributed by atoms with Crippen molar-refractivity contribution in [2.75, 3.05) is 23.0 Å². The summed E-state index contributed by atoms with van der Waals surface area (Å²) in [6.45, 7) is 2.56. The number of anilines is 2. The summed E-state index contributed by atoms with van der Waals surface area (Å²) in [6, 6.07) is 16.6. The van der Waals surface area contributed by atoms with Crippen LogP contribution in [0.1, 0.15) is 12.5 Å². The van der Waals surface area contributed by atoms with E-state index < -0.39 is 0 Å². The van der Waals surface area contributed by atoms with E-state index >= 15 is 0 Å². The number of nitrogens with one attached hydrogen (secondary N) is 1. The van der Waals surface area contributed by atoms with Crippen LogP contribution in [0.2, 0.25) is 0 Å². The Balaban J connectivity index is 1.69. The van der Waals surface area contributed by atoms with Crippen LogP contribution in [0.3, 0.4) is 0 Å². The Morgan fingerprint density at radius 2 is 2.09 bits per heavy atom. The van der Waals surface area contributed by atoms with Crippen LogP contribution in [0.5, 0.6) is 0 Å². The molecule has 0 aliphatic carbocycles. The van der Waals surface area contributed by atoms with Gasteiger partial charge in [0.2, 0.25) is 5.91 Å². The van der Waals surface area contributed by atoms with Gasteiger partial charge < -0.3 is 10.2 Å². The van der Waals surface area contributed by atoms with E-state index in [0.717, 1.165) is 17.0 Å². The Labute approximate surface area is 135 Å². The third-order valence-electron chi connectivity index (χ3n) is 4.02. The van der Waals surface area contributed by atoms with Crippen LogP contribution < -0.4 is 10.2 Å². The van der Waals surface area contributed by atoms with Gasteiger partial charge in [-0.3, -0.25) is 4.79 Å². The number of thioether (sulfide) groups is 1. The zero-order valence-electron chi connectivity index (χ0n) is 12.9. The van der Waals surface area contributed by atoms with E-state index in [9.17, 15) is 4.79 Å². The minimum Gasteiger partial charge on any atom is -0.359 e. The molecule has 4 heteroatoms. The molecule has 1 atom stereocenters. The largest absolute Gasteiger partial charge is 0.359 e. The Hall–Kier alpha value is -1.94. The van der Waals surface area contributed by atoms with Gasteiger partial charge in [-0.2, -0.15) is 0 Å². The van der Waals surface area contributed by atoms with Gasteiger partial charge in [-0.05, 0) is 49.4 Å². The summed E-state index contributed by atoms with van der Waals surface area (Å²) in [4.78, 5) is 15.7. The van der Waals surface area contributed by atoms with E-state index in [1.807, 2.05) is 36.6 Å². The van der Waals surface area contributed by atoms with Gasteiger partial charge in [0.25, 0.3) is 0 Å². The molecule has 2 aromatic rings. The molecular formula is C18H20N2OS. The van der Waals surface area contributed by atoms with E-state index in [4.69, 9.17) is 0 Å². The third-order valence-corrected chi connectivity index (χ3v) is 4.74. The predicted molar refractivity (Wildman–Crippen MR) is 93.8 cm³/mol. The van der Waals surface area contributed by atoms with Crippen molar-refractivity contribution >= 4 is 29.0 Å². The quantitative estimate of drug-likeness (QED) is 0.872. The Morgan fingerprint density at radius 1 is 1.27 bits per heavy atom. The standard InChI is InChI=1S/C18H20N2OS/c1-13-10-14-6-3-4-9-17(14)20(13)12-18(21)19-15-7-5-8-16(11-15)22-2/h3-9,11,13H,10,12H2,1-2H3,(H,19,21)/t13-/m0/s1. The summed E-state index contributed by atoms with van der Waals surface area (Å²) in [5.74, 6) is 0.0295. The fourth-order valence-electron chi connectivity index (χ4n) is 2.93. The second-order valence-electron chi connectivity index (χ2n) is 5.59. The summed E-state index contributed by atoms with van der Waals surface area (Å²) in [5.41, 5.74) is 3.37. The minimum absolute atomic E-state index is 0.0295. The van der Waals surface area contributed by atoms with Crippen LogP contribution in [0.15, 0.2) is 53.4 Å². The van der Waals surface area contributed by atoms with Crippen molar-refractivity contribution in [2.24, 2.45) is 0 Å². The highest BCUT2D eigenvalue weighted by Crippen LogP contribution is 2.31. The Kier molecular flexibility index (Phi) is 4.39.